The predicted molar refractivity (Wildman–Crippen MR) is 77.4 cm³/mol. The van der Waals surface area contributed by atoms with Crippen molar-refractivity contribution in [2.45, 2.75) is 25.8 Å². The lowest BCUT2D eigenvalue weighted by Crippen LogP contribution is -2.48. The molecule has 1 aromatic heterocycles. The van der Waals surface area contributed by atoms with Crippen molar-refractivity contribution in [2.75, 3.05) is 30.9 Å². The van der Waals surface area contributed by atoms with Crippen LogP contribution in [0.5, 0.6) is 0 Å². The van der Waals surface area contributed by atoms with E-state index in [1.165, 1.54) is 0 Å². The van der Waals surface area contributed by atoms with Crippen LogP contribution in [-0.4, -0.2) is 37.6 Å². The van der Waals surface area contributed by atoms with E-state index in [2.05, 4.69) is 22.5 Å². The second-order valence-corrected chi connectivity index (χ2v) is 5.31. The molecule has 2 atom stereocenters. The van der Waals surface area contributed by atoms with Crippen molar-refractivity contribution >= 4 is 17.4 Å². The second kappa shape index (κ2) is 6.02. The van der Waals surface area contributed by atoms with Gasteiger partial charge >= 0.3 is 0 Å². The first kappa shape index (κ1) is 13.8. The molecule has 1 aliphatic heterocycles. The zero-order valence-electron chi connectivity index (χ0n) is 11.8. The van der Waals surface area contributed by atoms with Gasteiger partial charge < -0.3 is 15.5 Å². The quantitative estimate of drug-likeness (QED) is 0.866. The zero-order valence-corrected chi connectivity index (χ0v) is 11.8. The predicted octanol–water partition coefficient (Wildman–Crippen LogP) is 1.47. The van der Waals surface area contributed by atoms with Gasteiger partial charge in [0.1, 0.15) is 0 Å². The Balaban J connectivity index is 2.10. The number of carbonyl (C=O) groups is 1. The van der Waals surface area contributed by atoms with Gasteiger partial charge in [0.2, 0.25) is 5.91 Å². The molecule has 19 heavy (non-hydrogen) atoms. The molecule has 2 N–H and O–H groups in total. The third-order valence-corrected chi connectivity index (χ3v) is 3.52. The fourth-order valence-corrected chi connectivity index (χ4v) is 2.46. The van der Waals surface area contributed by atoms with Crippen molar-refractivity contribution in [3.05, 3.63) is 18.3 Å². The monoisotopic (exact) mass is 262 g/mol. The van der Waals surface area contributed by atoms with Crippen molar-refractivity contribution in [3.8, 4) is 0 Å². The highest BCUT2D eigenvalue weighted by Gasteiger charge is 2.27. The van der Waals surface area contributed by atoms with Gasteiger partial charge in [-0.25, -0.2) is 4.98 Å². The molecule has 5 nitrogen and oxygen atoms in total. The van der Waals surface area contributed by atoms with E-state index < -0.39 is 0 Å². The molecule has 0 radical (unpaired) electrons. The fraction of sp³-hybridized carbons (Fsp3) is 0.571. The standard InChI is InChI=1S/C14H22N4O/c1-10-6-4-8-15-12(10)14(19)17-11-7-5-9-16-13(11)18(2)3/h5,7,9-10,12,15H,4,6,8H2,1-3H3,(H,17,19). The number of nitrogens with one attached hydrogen (secondary N) is 2. The van der Waals surface area contributed by atoms with E-state index in [0.29, 0.717) is 5.92 Å². The first-order valence-corrected chi connectivity index (χ1v) is 6.76. The molecule has 0 aliphatic carbocycles. The van der Waals surface area contributed by atoms with Gasteiger partial charge in [0.15, 0.2) is 5.82 Å². The Morgan fingerprint density at radius 3 is 3.00 bits per heavy atom. The largest absolute Gasteiger partial charge is 0.361 e. The average molecular weight is 262 g/mol. The fourth-order valence-electron chi connectivity index (χ4n) is 2.46. The Labute approximate surface area is 114 Å². The molecule has 1 amide bonds. The van der Waals surface area contributed by atoms with Crippen LogP contribution in [0.1, 0.15) is 19.8 Å². The van der Waals surface area contributed by atoms with Crippen LogP contribution in [0.4, 0.5) is 11.5 Å². The van der Waals surface area contributed by atoms with Gasteiger partial charge in [-0.05, 0) is 37.4 Å². The van der Waals surface area contributed by atoms with E-state index in [0.717, 1.165) is 30.9 Å². The number of hydrogen-bond donors (Lipinski definition) is 2. The van der Waals surface area contributed by atoms with Gasteiger partial charge in [0, 0.05) is 20.3 Å². The van der Waals surface area contributed by atoms with Gasteiger partial charge in [0.25, 0.3) is 0 Å². The van der Waals surface area contributed by atoms with Crippen LogP contribution in [0.2, 0.25) is 0 Å². The van der Waals surface area contributed by atoms with Crippen LogP contribution in [0, 0.1) is 5.92 Å². The number of anilines is 2. The molecule has 2 rings (SSSR count). The van der Waals surface area contributed by atoms with Gasteiger partial charge in [-0.1, -0.05) is 6.92 Å². The molecule has 104 valence electrons. The molecule has 1 fully saturated rings. The van der Waals surface area contributed by atoms with E-state index in [1.54, 1.807) is 6.20 Å². The summed E-state index contributed by atoms with van der Waals surface area (Å²) in [6.45, 7) is 3.03. The summed E-state index contributed by atoms with van der Waals surface area (Å²) in [5.41, 5.74) is 0.761. The maximum absolute atomic E-state index is 12.3. The van der Waals surface area contributed by atoms with Crippen molar-refractivity contribution < 1.29 is 4.79 Å². The van der Waals surface area contributed by atoms with Crippen LogP contribution < -0.4 is 15.5 Å². The van der Waals surface area contributed by atoms with Crippen molar-refractivity contribution in [3.63, 3.8) is 0 Å². The van der Waals surface area contributed by atoms with E-state index >= 15 is 0 Å². The highest BCUT2D eigenvalue weighted by atomic mass is 16.2. The Hall–Kier alpha value is -1.62. The number of rotatable bonds is 3. The first-order chi connectivity index (χ1) is 9.09. The lowest BCUT2D eigenvalue weighted by atomic mass is 9.92. The minimum atomic E-state index is -0.107. The van der Waals surface area contributed by atoms with Crippen molar-refractivity contribution in [2.24, 2.45) is 5.92 Å². The molecule has 1 aliphatic rings. The average Bonchev–Trinajstić information content (AvgIpc) is 2.39. The van der Waals surface area contributed by atoms with E-state index in [9.17, 15) is 4.79 Å². The Kier molecular flexibility index (Phi) is 4.37. The maximum atomic E-state index is 12.3. The van der Waals surface area contributed by atoms with E-state index in [4.69, 9.17) is 0 Å². The summed E-state index contributed by atoms with van der Waals surface area (Å²) in [6.07, 6.45) is 3.96. The van der Waals surface area contributed by atoms with Crippen LogP contribution in [0.15, 0.2) is 18.3 Å². The summed E-state index contributed by atoms with van der Waals surface area (Å²) in [6, 6.07) is 3.61. The summed E-state index contributed by atoms with van der Waals surface area (Å²) in [5.74, 6) is 1.18. The van der Waals surface area contributed by atoms with Crippen LogP contribution >= 0.6 is 0 Å². The van der Waals surface area contributed by atoms with E-state index in [1.807, 2.05) is 31.1 Å². The van der Waals surface area contributed by atoms with E-state index in [-0.39, 0.29) is 11.9 Å². The summed E-state index contributed by atoms with van der Waals surface area (Å²) >= 11 is 0. The molecular formula is C14H22N4O. The summed E-state index contributed by atoms with van der Waals surface area (Å²) in [4.78, 5) is 18.5. The number of hydrogen-bond acceptors (Lipinski definition) is 4. The third-order valence-electron chi connectivity index (χ3n) is 3.52. The Bertz CT molecular complexity index is 447. The molecular weight excluding hydrogens is 240 g/mol. The minimum absolute atomic E-state index is 0.0308. The molecule has 0 aromatic carbocycles. The summed E-state index contributed by atoms with van der Waals surface area (Å²) in [7, 11) is 3.83. The Morgan fingerprint density at radius 1 is 1.53 bits per heavy atom. The summed E-state index contributed by atoms with van der Waals surface area (Å²) < 4.78 is 0. The Morgan fingerprint density at radius 2 is 2.32 bits per heavy atom. The highest BCUT2D eigenvalue weighted by molar-refractivity contribution is 5.97. The first-order valence-electron chi connectivity index (χ1n) is 6.76. The lowest BCUT2D eigenvalue weighted by Gasteiger charge is -2.29. The molecule has 1 aromatic rings. The van der Waals surface area contributed by atoms with Crippen molar-refractivity contribution in [1.29, 1.82) is 0 Å². The molecule has 5 heteroatoms. The molecule has 1 saturated heterocycles. The van der Waals surface area contributed by atoms with Gasteiger partial charge in [-0.15, -0.1) is 0 Å². The normalized spacial score (nSPS) is 22.9. The lowest BCUT2D eigenvalue weighted by molar-refractivity contribution is -0.119. The van der Waals surface area contributed by atoms with Gasteiger partial charge in [-0.2, -0.15) is 0 Å². The topological polar surface area (TPSA) is 57.3 Å². The highest BCUT2D eigenvalue weighted by Crippen LogP contribution is 2.22. The number of nitrogens with zero attached hydrogens (tertiary/aromatic N) is 2. The number of aromatic nitrogens is 1. The maximum Gasteiger partial charge on any atom is 0.241 e. The number of pyridine rings is 1. The number of carbonyl (C=O) groups excluding carboxylic acids is 1. The number of piperidine rings is 1. The van der Waals surface area contributed by atoms with Crippen LogP contribution in [-0.2, 0) is 4.79 Å². The SMILES string of the molecule is CC1CCCNC1C(=O)Nc1cccnc1N(C)C. The molecule has 0 spiro atoms. The summed E-state index contributed by atoms with van der Waals surface area (Å²) in [5, 5.41) is 6.28. The molecule has 0 bridgehead atoms. The minimum Gasteiger partial charge on any atom is -0.361 e. The van der Waals surface area contributed by atoms with Crippen LogP contribution in [0.25, 0.3) is 0 Å². The molecule has 2 heterocycles. The third kappa shape index (κ3) is 3.23. The zero-order chi connectivity index (χ0) is 13.8. The van der Waals surface area contributed by atoms with Gasteiger partial charge in [0.05, 0.1) is 11.7 Å². The second-order valence-electron chi connectivity index (χ2n) is 5.31. The van der Waals surface area contributed by atoms with Crippen LogP contribution in [0.3, 0.4) is 0 Å². The molecule has 0 saturated carbocycles. The molecule has 2 unspecified atom stereocenters. The smallest absolute Gasteiger partial charge is 0.241 e. The number of amides is 1. The van der Waals surface area contributed by atoms with Gasteiger partial charge in [-0.3, -0.25) is 4.79 Å². The van der Waals surface area contributed by atoms with Crippen molar-refractivity contribution in [1.82, 2.24) is 10.3 Å².